The summed E-state index contributed by atoms with van der Waals surface area (Å²) in [5.41, 5.74) is 4.82. The molecule has 7 heteroatoms. The second-order valence-corrected chi connectivity index (χ2v) is 9.57. The molecule has 7 nitrogen and oxygen atoms in total. The molecule has 0 saturated heterocycles. The van der Waals surface area contributed by atoms with Gasteiger partial charge in [0.2, 0.25) is 0 Å². The van der Waals surface area contributed by atoms with E-state index in [4.69, 9.17) is 18.9 Å². The number of carbonyl (C=O) groups is 2. The molecule has 2 aromatic carbocycles. The van der Waals surface area contributed by atoms with Crippen LogP contribution in [0.5, 0.6) is 0 Å². The molecule has 38 heavy (non-hydrogen) atoms. The minimum absolute atomic E-state index is 0.0559. The van der Waals surface area contributed by atoms with Gasteiger partial charge in [0.05, 0.1) is 19.8 Å². The molecule has 0 radical (unpaired) electrons. The van der Waals surface area contributed by atoms with E-state index in [0.29, 0.717) is 52.4 Å². The number of unbranched alkanes of at least 4 members (excludes halogenated alkanes) is 5. The first-order valence-electron chi connectivity index (χ1n) is 14.1. The third-order valence-electron chi connectivity index (χ3n) is 6.68. The summed E-state index contributed by atoms with van der Waals surface area (Å²) >= 11 is 0. The predicted molar refractivity (Wildman–Crippen MR) is 148 cm³/mol. The lowest BCUT2D eigenvalue weighted by Crippen LogP contribution is -2.27. The van der Waals surface area contributed by atoms with Crippen LogP contribution in [-0.2, 0) is 23.7 Å². The van der Waals surface area contributed by atoms with Gasteiger partial charge in [-0.15, -0.1) is 0 Å². The third-order valence-corrected chi connectivity index (χ3v) is 6.68. The number of benzene rings is 2. The highest BCUT2D eigenvalue weighted by atomic mass is 16.6. The van der Waals surface area contributed by atoms with E-state index < -0.39 is 6.09 Å². The molecule has 208 valence electrons. The van der Waals surface area contributed by atoms with Crippen LogP contribution in [0.3, 0.4) is 0 Å². The molecule has 0 atom stereocenters. The molecule has 0 bridgehead atoms. The van der Waals surface area contributed by atoms with E-state index in [0.717, 1.165) is 12.8 Å². The Morgan fingerprint density at radius 3 is 2.03 bits per heavy atom. The molecule has 1 aliphatic carbocycles. The lowest BCUT2D eigenvalue weighted by Gasteiger charge is -2.14. The van der Waals surface area contributed by atoms with E-state index in [2.05, 4.69) is 36.5 Å². The van der Waals surface area contributed by atoms with Crippen molar-refractivity contribution in [2.75, 3.05) is 46.2 Å². The molecule has 2 aromatic rings. The van der Waals surface area contributed by atoms with Crippen LogP contribution >= 0.6 is 0 Å². The summed E-state index contributed by atoms with van der Waals surface area (Å²) in [7, 11) is 0. The zero-order chi connectivity index (χ0) is 26.8. The molecule has 0 fully saturated rings. The highest BCUT2D eigenvalue weighted by molar-refractivity contribution is 5.79. The first-order chi connectivity index (χ1) is 18.7. The summed E-state index contributed by atoms with van der Waals surface area (Å²) in [5.74, 6) is -0.0930. The number of esters is 1. The van der Waals surface area contributed by atoms with E-state index in [1.807, 2.05) is 24.3 Å². The summed E-state index contributed by atoms with van der Waals surface area (Å²) in [6, 6.07) is 16.6. The average molecular weight is 526 g/mol. The van der Waals surface area contributed by atoms with Crippen LogP contribution in [0, 0.1) is 0 Å². The second kappa shape index (κ2) is 17.6. The smallest absolute Gasteiger partial charge is 0.407 e. The van der Waals surface area contributed by atoms with Crippen LogP contribution < -0.4 is 5.32 Å². The van der Waals surface area contributed by atoms with E-state index >= 15 is 0 Å². The van der Waals surface area contributed by atoms with Gasteiger partial charge in [-0.1, -0.05) is 87.6 Å². The van der Waals surface area contributed by atoms with Crippen molar-refractivity contribution in [3.8, 4) is 11.1 Å². The van der Waals surface area contributed by atoms with Gasteiger partial charge >= 0.3 is 12.1 Å². The second-order valence-electron chi connectivity index (χ2n) is 9.57. The Hall–Kier alpha value is -2.90. The average Bonchev–Trinajstić information content (AvgIpc) is 3.26. The van der Waals surface area contributed by atoms with Gasteiger partial charge in [0.25, 0.3) is 0 Å². The number of fused-ring (bicyclic) bond motifs is 3. The molecular formula is C31H43NO6. The number of hydrogen-bond acceptors (Lipinski definition) is 6. The minimum Gasteiger partial charge on any atom is -0.463 e. The molecule has 0 aliphatic heterocycles. The number of alkyl carbamates (subject to hydrolysis) is 1. The van der Waals surface area contributed by atoms with Gasteiger partial charge in [-0.2, -0.15) is 0 Å². The predicted octanol–water partition coefficient (Wildman–Crippen LogP) is 6.24. The fraction of sp³-hybridized carbons (Fsp3) is 0.548. The summed E-state index contributed by atoms with van der Waals surface area (Å²) in [4.78, 5) is 23.9. The first kappa shape index (κ1) is 29.7. The topological polar surface area (TPSA) is 83.1 Å². The SMILES string of the molecule is CCCCCCCCC(=O)OCCOCCOCCCNC(=O)OCC1c2ccccc2-c2ccccc21. The zero-order valence-electron chi connectivity index (χ0n) is 22.8. The third kappa shape index (κ3) is 10.1. The van der Waals surface area contributed by atoms with Crippen LogP contribution in [0.2, 0.25) is 0 Å². The fourth-order valence-electron chi connectivity index (χ4n) is 4.67. The van der Waals surface area contributed by atoms with Crippen molar-refractivity contribution in [1.82, 2.24) is 5.32 Å². The van der Waals surface area contributed by atoms with Crippen molar-refractivity contribution >= 4 is 12.1 Å². The molecule has 1 N–H and O–H groups in total. The number of amides is 1. The van der Waals surface area contributed by atoms with Crippen LogP contribution in [0.1, 0.15) is 75.3 Å². The van der Waals surface area contributed by atoms with Crippen molar-refractivity contribution in [3.05, 3.63) is 59.7 Å². The maximum Gasteiger partial charge on any atom is 0.407 e. The highest BCUT2D eigenvalue weighted by Crippen LogP contribution is 2.44. The van der Waals surface area contributed by atoms with Crippen molar-refractivity contribution in [1.29, 1.82) is 0 Å². The fourth-order valence-corrected chi connectivity index (χ4v) is 4.67. The van der Waals surface area contributed by atoms with E-state index in [9.17, 15) is 9.59 Å². The summed E-state index contributed by atoms with van der Waals surface area (Å²) in [6.45, 7) is 5.04. The molecule has 1 aliphatic rings. The van der Waals surface area contributed by atoms with Gasteiger partial charge in [0.15, 0.2) is 0 Å². The Bertz CT molecular complexity index is 933. The summed E-state index contributed by atoms with van der Waals surface area (Å²) < 4.78 is 21.7. The summed E-state index contributed by atoms with van der Waals surface area (Å²) in [6.07, 6.45) is 7.67. The lowest BCUT2D eigenvalue weighted by atomic mass is 9.98. The maximum absolute atomic E-state index is 12.2. The molecule has 0 saturated carbocycles. The molecule has 0 unspecified atom stereocenters. The monoisotopic (exact) mass is 525 g/mol. The normalized spacial score (nSPS) is 12.1. The molecule has 3 rings (SSSR count). The minimum atomic E-state index is -0.416. The molecule has 0 spiro atoms. The van der Waals surface area contributed by atoms with E-state index in [-0.39, 0.29) is 18.5 Å². The largest absolute Gasteiger partial charge is 0.463 e. The standard InChI is InChI=1S/C31H43NO6/c1-2-3-4-5-6-7-17-30(33)37-23-22-36-21-20-35-19-12-18-32-31(34)38-24-29-27-15-10-8-13-25(27)26-14-9-11-16-28(26)29/h8-11,13-16,29H,2-7,12,17-24H2,1H3,(H,32,34). The Morgan fingerprint density at radius 1 is 0.711 bits per heavy atom. The number of ether oxygens (including phenoxy) is 4. The Morgan fingerprint density at radius 2 is 1.32 bits per heavy atom. The van der Waals surface area contributed by atoms with Gasteiger partial charge in [-0.3, -0.25) is 4.79 Å². The van der Waals surface area contributed by atoms with Gasteiger partial charge in [-0.05, 0) is 35.1 Å². The number of carbonyl (C=O) groups excluding carboxylic acids is 2. The van der Waals surface area contributed by atoms with Crippen LogP contribution in [0.15, 0.2) is 48.5 Å². The van der Waals surface area contributed by atoms with Crippen LogP contribution in [0.4, 0.5) is 4.79 Å². The van der Waals surface area contributed by atoms with Crippen molar-refractivity contribution in [2.45, 2.75) is 64.2 Å². The Labute approximate surface area is 227 Å². The number of rotatable bonds is 19. The number of nitrogens with one attached hydrogen (secondary N) is 1. The Kier molecular flexibility index (Phi) is 13.7. The lowest BCUT2D eigenvalue weighted by molar-refractivity contribution is -0.145. The molecule has 0 aromatic heterocycles. The number of hydrogen-bond donors (Lipinski definition) is 1. The van der Waals surface area contributed by atoms with Gasteiger partial charge < -0.3 is 24.3 Å². The van der Waals surface area contributed by atoms with E-state index in [1.54, 1.807) is 0 Å². The van der Waals surface area contributed by atoms with Gasteiger partial charge in [0, 0.05) is 25.5 Å². The quantitative estimate of drug-likeness (QED) is 0.173. The highest BCUT2D eigenvalue weighted by Gasteiger charge is 2.28. The van der Waals surface area contributed by atoms with Crippen molar-refractivity contribution in [3.63, 3.8) is 0 Å². The van der Waals surface area contributed by atoms with Crippen LogP contribution in [-0.4, -0.2) is 58.2 Å². The molecule has 0 heterocycles. The van der Waals surface area contributed by atoms with Crippen molar-refractivity contribution < 1.29 is 28.5 Å². The maximum atomic E-state index is 12.2. The van der Waals surface area contributed by atoms with Gasteiger partial charge in [-0.25, -0.2) is 4.79 Å². The summed E-state index contributed by atoms with van der Waals surface area (Å²) in [5, 5.41) is 2.79. The zero-order valence-corrected chi connectivity index (χ0v) is 22.8. The van der Waals surface area contributed by atoms with E-state index in [1.165, 1.54) is 47.9 Å². The van der Waals surface area contributed by atoms with Crippen LogP contribution in [0.25, 0.3) is 11.1 Å². The van der Waals surface area contributed by atoms with Crippen molar-refractivity contribution in [2.24, 2.45) is 0 Å². The van der Waals surface area contributed by atoms with Gasteiger partial charge in [0.1, 0.15) is 13.2 Å². The molecule has 1 amide bonds. The Balaban J connectivity index is 1.14. The first-order valence-corrected chi connectivity index (χ1v) is 14.1. The molecular weight excluding hydrogens is 482 g/mol.